The van der Waals surface area contributed by atoms with E-state index in [9.17, 15) is 4.79 Å². The van der Waals surface area contributed by atoms with Crippen molar-refractivity contribution in [1.82, 2.24) is 0 Å². The van der Waals surface area contributed by atoms with Crippen LogP contribution in [0.3, 0.4) is 0 Å². The van der Waals surface area contributed by atoms with Gasteiger partial charge in [-0.25, -0.2) is 0 Å². The van der Waals surface area contributed by atoms with Gasteiger partial charge >= 0.3 is 5.97 Å². The van der Waals surface area contributed by atoms with E-state index >= 15 is 0 Å². The van der Waals surface area contributed by atoms with Crippen LogP contribution in [0.5, 0.6) is 0 Å². The number of unbranched alkanes of at least 4 members (excludes halogenated alkanes) is 4. The molecule has 0 aromatic carbocycles. The Bertz CT molecular complexity index is 343. The molecule has 0 heterocycles. The summed E-state index contributed by atoms with van der Waals surface area (Å²) in [6.07, 6.45) is 8.90. The lowest BCUT2D eigenvalue weighted by atomic mass is 10.00. The molecule has 0 fully saturated rings. The van der Waals surface area contributed by atoms with Crippen LogP contribution in [0, 0.1) is 5.92 Å². The zero-order valence-corrected chi connectivity index (χ0v) is 20.8. The second-order valence-corrected chi connectivity index (χ2v) is 8.05. The molecule has 0 aliphatic rings. The molecule has 0 radical (unpaired) electrons. The highest BCUT2D eigenvalue weighted by Crippen LogP contribution is 2.14. The quantitative estimate of drug-likeness (QED) is 0.0818. The Balaban J connectivity index is 3.23. The van der Waals surface area contributed by atoms with Gasteiger partial charge in [0.2, 0.25) is 0 Å². The predicted octanol–water partition coefficient (Wildman–Crippen LogP) is 4.81. The molecule has 0 aliphatic heterocycles. The van der Waals surface area contributed by atoms with Gasteiger partial charge in [-0.15, -0.1) is 0 Å². The van der Waals surface area contributed by atoms with E-state index in [0.717, 1.165) is 38.7 Å². The van der Waals surface area contributed by atoms with Gasteiger partial charge < -0.3 is 23.7 Å². The lowest BCUT2D eigenvalue weighted by Gasteiger charge is -2.13. The van der Waals surface area contributed by atoms with Crippen molar-refractivity contribution in [2.75, 3.05) is 63.9 Å². The van der Waals surface area contributed by atoms with E-state index in [4.69, 9.17) is 23.7 Å². The normalized spacial score (nSPS) is 12.2. The molecule has 0 aromatic rings. The molecule has 0 aromatic heterocycles. The second kappa shape index (κ2) is 24.3. The number of rotatable bonds is 23. The Morgan fingerprint density at radius 1 is 0.690 bits per heavy atom. The second-order valence-electron chi connectivity index (χ2n) is 6.97. The van der Waals surface area contributed by atoms with Crippen LogP contribution in [-0.4, -0.2) is 69.9 Å². The van der Waals surface area contributed by atoms with Crippen LogP contribution in [0.4, 0.5) is 0 Å². The molecule has 7 heteroatoms. The first-order chi connectivity index (χ1) is 14.3. The first-order valence-corrected chi connectivity index (χ1v) is 12.8. The van der Waals surface area contributed by atoms with Crippen molar-refractivity contribution in [3.05, 3.63) is 0 Å². The molecular weight excluding hydrogens is 487 g/mol. The lowest BCUT2D eigenvalue weighted by Crippen LogP contribution is -2.20. The maximum atomic E-state index is 11.9. The lowest BCUT2D eigenvalue weighted by molar-refractivity contribution is -0.150. The molecular formula is C22H43IO6. The highest BCUT2D eigenvalue weighted by atomic mass is 127. The summed E-state index contributed by atoms with van der Waals surface area (Å²) >= 11 is 2.42. The van der Waals surface area contributed by atoms with Crippen LogP contribution in [0.2, 0.25) is 0 Å². The Morgan fingerprint density at radius 3 is 1.72 bits per heavy atom. The predicted molar refractivity (Wildman–Crippen MR) is 125 cm³/mol. The fourth-order valence-corrected chi connectivity index (χ4v) is 3.21. The van der Waals surface area contributed by atoms with Crippen molar-refractivity contribution in [3.8, 4) is 0 Å². The fraction of sp³-hybridized carbons (Fsp3) is 0.955. The zero-order valence-electron chi connectivity index (χ0n) is 18.6. The fourth-order valence-electron chi connectivity index (χ4n) is 2.67. The highest BCUT2D eigenvalue weighted by Gasteiger charge is 2.16. The number of carbonyl (C=O) groups is 1. The van der Waals surface area contributed by atoms with Gasteiger partial charge in [-0.2, -0.15) is 0 Å². The summed E-state index contributed by atoms with van der Waals surface area (Å²) < 4.78 is 28.4. The van der Waals surface area contributed by atoms with Crippen LogP contribution in [0.1, 0.15) is 65.2 Å². The van der Waals surface area contributed by atoms with Gasteiger partial charge in [-0.05, 0) is 30.1 Å². The molecule has 29 heavy (non-hydrogen) atoms. The van der Waals surface area contributed by atoms with Crippen molar-refractivity contribution < 1.29 is 28.5 Å². The molecule has 1 unspecified atom stereocenters. The summed E-state index contributed by atoms with van der Waals surface area (Å²) in [6, 6.07) is 0. The average Bonchev–Trinajstić information content (AvgIpc) is 2.73. The van der Waals surface area contributed by atoms with Crippen molar-refractivity contribution in [3.63, 3.8) is 0 Å². The third-order valence-corrected chi connectivity index (χ3v) is 5.26. The Labute approximate surface area is 191 Å². The number of halogens is 1. The standard InChI is InChI=1S/C22H43IO6/c1-3-5-10-21(4-2)22(24)29-20-19-28-18-17-27-16-15-26-14-13-25-12-9-7-6-8-11-23/h21H,3-20H2,1-2H3. The van der Waals surface area contributed by atoms with E-state index in [1.807, 2.05) is 6.92 Å². The van der Waals surface area contributed by atoms with E-state index < -0.39 is 0 Å². The van der Waals surface area contributed by atoms with Gasteiger partial charge in [0.1, 0.15) is 6.61 Å². The highest BCUT2D eigenvalue weighted by molar-refractivity contribution is 14.1. The zero-order chi connectivity index (χ0) is 21.4. The molecule has 0 aliphatic carbocycles. The van der Waals surface area contributed by atoms with Gasteiger partial charge in [0.05, 0.1) is 52.2 Å². The summed E-state index contributed by atoms with van der Waals surface area (Å²) in [5, 5.41) is 0. The number of carbonyl (C=O) groups excluding carboxylic acids is 1. The smallest absolute Gasteiger partial charge is 0.308 e. The maximum Gasteiger partial charge on any atom is 0.308 e. The Kier molecular flexibility index (Phi) is 24.3. The van der Waals surface area contributed by atoms with E-state index in [0.29, 0.717) is 52.9 Å². The first-order valence-electron chi connectivity index (χ1n) is 11.3. The van der Waals surface area contributed by atoms with E-state index in [-0.39, 0.29) is 11.9 Å². The molecule has 0 amide bonds. The van der Waals surface area contributed by atoms with E-state index in [1.165, 1.54) is 23.7 Å². The molecule has 0 bridgehead atoms. The largest absolute Gasteiger partial charge is 0.463 e. The third kappa shape index (κ3) is 21.1. The molecule has 0 saturated heterocycles. The van der Waals surface area contributed by atoms with Crippen LogP contribution in [0.25, 0.3) is 0 Å². The topological polar surface area (TPSA) is 63.2 Å². The molecule has 6 nitrogen and oxygen atoms in total. The van der Waals surface area contributed by atoms with Gasteiger partial charge in [-0.3, -0.25) is 4.79 Å². The molecule has 0 spiro atoms. The minimum Gasteiger partial charge on any atom is -0.463 e. The summed E-state index contributed by atoms with van der Waals surface area (Å²) in [7, 11) is 0. The SMILES string of the molecule is CCCCC(CC)C(=O)OCCOCCOCCOCCOCCCCCCI. The van der Waals surface area contributed by atoms with E-state index in [1.54, 1.807) is 0 Å². The summed E-state index contributed by atoms with van der Waals surface area (Å²) in [4.78, 5) is 11.9. The van der Waals surface area contributed by atoms with Crippen LogP contribution < -0.4 is 0 Å². The molecule has 0 rings (SSSR count). The first kappa shape index (κ1) is 29.0. The van der Waals surface area contributed by atoms with Gasteiger partial charge in [-0.1, -0.05) is 62.1 Å². The number of ether oxygens (including phenoxy) is 5. The average molecular weight is 530 g/mol. The molecule has 0 N–H and O–H groups in total. The molecule has 174 valence electrons. The van der Waals surface area contributed by atoms with Gasteiger partial charge in [0, 0.05) is 6.61 Å². The van der Waals surface area contributed by atoms with Crippen molar-refractivity contribution in [2.45, 2.75) is 65.2 Å². The number of hydrogen-bond acceptors (Lipinski definition) is 6. The van der Waals surface area contributed by atoms with Crippen molar-refractivity contribution >= 4 is 28.6 Å². The Hall–Kier alpha value is 0.0400. The number of alkyl halides is 1. The molecule has 0 saturated carbocycles. The third-order valence-electron chi connectivity index (χ3n) is 4.49. The monoisotopic (exact) mass is 530 g/mol. The van der Waals surface area contributed by atoms with E-state index in [2.05, 4.69) is 29.5 Å². The summed E-state index contributed by atoms with van der Waals surface area (Å²) in [6.45, 7) is 9.07. The van der Waals surface area contributed by atoms with Gasteiger partial charge in [0.15, 0.2) is 0 Å². The van der Waals surface area contributed by atoms with Crippen molar-refractivity contribution in [1.29, 1.82) is 0 Å². The molecule has 1 atom stereocenters. The maximum absolute atomic E-state index is 11.9. The summed E-state index contributed by atoms with van der Waals surface area (Å²) in [5.41, 5.74) is 0. The minimum absolute atomic E-state index is 0.0224. The number of esters is 1. The van der Waals surface area contributed by atoms with Crippen molar-refractivity contribution in [2.24, 2.45) is 5.92 Å². The van der Waals surface area contributed by atoms with Crippen LogP contribution >= 0.6 is 22.6 Å². The number of hydrogen-bond donors (Lipinski definition) is 0. The van der Waals surface area contributed by atoms with Crippen LogP contribution in [-0.2, 0) is 28.5 Å². The van der Waals surface area contributed by atoms with Crippen LogP contribution in [0.15, 0.2) is 0 Å². The Morgan fingerprint density at radius 2 is 1.21 bits per heavy atom. The summed E-state index contributed by atoms with van der Waals surface area (Å²) in [5.74, 6) is -0.0765. The van der Waals surface area contributed by atoms with Gasteiger partial charge in [0.25, 0.3) is 0 Å². The minimum atomic E-state index is -0.0990.